The van der Waals surface area contributed by atoms with Crippen molar-refractivity contribution in [1.29, 1.82) is 0 Å². The lowest BCUT2D eigenvalue weighted by Crippen LogP contribution is -2.38. The highest BCUT2D eigenvalue weighted by Crippen LogP contribution is 2.26. The van der Waals surface area contributed by atoms with Crippen molar-refractivity contribution in [2.24, 2.45) is 11.8 Å². The van der Waals surface area contributed by atoms with Gasteiger partial charge >= 0.3 is 5.97 Å². The predicted octanol–water partition coefficient (Wildman–Crippen LogP) is 2.13. The average molecular weight is 304 g/mol. The molecule has 0 bridgehead atoms. The van der Waals surface area contributed by atoms with Crippen LogP contribution in [0.5, 0.6) is 0 Å². The van der Waals surface area contributed by atoms with Gasteiger partial charge < -0.3 is 15.3 Å². The van der Waals surface area contributed by atoms with Gasteiger partial charge in [-0.05, 0) is 49.9 Å². The normalized spacial score (nSPS) is 17.0. The van der Waals surface area contributed by atoms with Crippen LogP contribution >= 0.6 is 0 Å². The van der Waals surface area contributed by atoms with Gasteiger partial charge in [0.25, 0.3) is 0 Å². The van der Waals surface area contributed by atoms with E-state index < -0.39 is 5.97 Å². The highest BCUT2D eigenvalue weighted by atomic mass is 16.4. The van der Waals surface area contributed by atoms with Crippen molar-refractivity contribution in [3.8, 4) is 0 Å². The van der Waals surface area contributed by atoms with Gasteiger partial charge in [0.15, 0.2) is 0 Å². The zero-order valence-electron chi connectivity index (χ0n) is 13.0. The Morgan fingerprint density at radius 2 is 1.91 bits per heavy atom. The Morgan fingerprint density at radius 1 is 1.27 bits per heavy atom. The van der Waals surface area contributed by atoms with Crippen molar-refractivity contribution in [2.75, 3.05) is 24.5 Å². The summed E-state index contributed by atoms with van der Waals surface area (Å²) in [5.74, 6) is -0.298. The Labute approximate surface area is 131 Å². The number of hydrogen-bond acceptors (Lipinski definition) is 3. The van der Waals surface area contributed by atoms with Gasteiger partial charge in [-0.25, -0.2) is 0 Å². The number of aliphatic carboxylic acids is 1. The van der Waals surface area contributed by atoms with E-state index in [4.69, 9.17) is 5.11 Å². The second kappa shape index (κ2) is 7.94. The molecular formula is C17H24N2O3. The molecule has 0 saturated carbocycles. The Morgan fingerprint density at radius 3 is 2.50 bits per heavy atom. The van der Waals surface area contributed by atoms with Crippen molar-refractivity contribution < 1.29 is 14.7 Å². The van der Waals surface area contributed by atoms with Gasteiger partial charge in [-0.2, -0.15) is 0 Å². The minimum Gasteiger partial charge on any atom is -0.480 e. The molecule has 2 N–H and O–H groups in total. The van der Waals surface area contributed by atoms with Crippen LogP contribution in [-0.4, -0.2) is 36.6 Å². The maximum absolute atomic E-state index is 12.6. The molecule has 22 heavy (non-hydrogen) atoms. The molecule has 1 heterocycles. The van der Waals surface area contributed by atoms with E-state index in [0.29, 0.717) is 18.0 Å². The number of piperidine rings is 1. The van der Waals surface area contributed by atoms with E-state index >= 15 is 0 Å². The zero-order chi connectivity index (χ0) is 15.9. The molecule has 1 aliphatic rings. The van der Waals surface area contributed by atoms with Crippen molar-refractivity contribution in [3.05, 3.63) is 30.3 Å². The summed E-state index contributed by atoms with van der Waals surface area (Å²) in [6.07, 6.45) is 2.56. The smallest absolute Gasteiger partial charge is 0.323 e. The molecule has 0 spiro atoms. The van der Waals surface area contributed by atoms with Gasteiger partial charge in [0.2, 0.25) is 5.91 Å². The van der Waals surface area contributed by atoms with Crippen molar-refractivity contribution >= 4 is 17.6 Å². The van der Waals surface area contributed by atoms with Gasteiger partial charge in [0, 0.05) is 12.1 Å². The number of carboxylic acid groups (broad SMARTS) is 1. The third-order valence-electron chi connectivity index (χ3n) is 4.35. The van der Waals surface area contributed by atoms with Gasteiger partial charge in [0.05, 0.1) is 0 Å². The molecule has 1 aromatic rings. The lowest BCUT2D eigenvalue weighted by Gasteiger charge is -2.29. The lowest BCUT2D eigenvalue weighted by atomic mass is 9.84. The molecular weight excluding hydrogens is 280 g/mol. The summed E-state index contributed by atoms with van der Waals surface area (Å²) in [6, 6.07) is 9.03. The summed E-state index contributed by atoms with van der Waals surface area (Å²) < 4.78 is 0. The second-order valence-corrected chi connectivity index (χ2v) is 5.98. The molecule has 1 atom stereocenters. The van der Waals surface area contributed by atoms with Crippen molar-refractivity contribution in [3.63, 3.8) is 0 Å². The number of nitrogens with zero attached hydrogens (tertiary/aromatic N) is 1. The maximum atomic E-state index is 12.6. The number of carbonyl (C=O) groups is 2. The lowest BCUT2D eigenvalue weighted by molar-refractivity contribution is -0.136. The number of rotatable bonds is 6. The van der Waals surface area contributed by atoms with E-state index in [-0.39, 0.29) is 18.4 Å². The number of amides is 1. The minimum absolute atomic E-state index is 0.111. The number of para-hydroxylation sites is 1. The van der Waals surface area contributed by atoms with E-state index in [1.807, 2.05) is 18.2 Å². The maximum Gasteiger partial charge on any atom is 0.323 e. The highest BCUT2D eigenvalue weighted by molar-refractivity contribution is 5.97. The van der Waals surface area contributed by atoms with E-state index in [1.165, 1.54) is 4.90 Å². The molecule has 2 rings (SSSR count). The molecule has 1 aliphatic heterocycles. The molecule has 5 heteroatoms. The van der Waals surface area contributed by atoms with Gasteiger partial charge in [0.1, 0.15) is 6.54 Å². The predicted molar refractivity (Wildman–Crippen MR) is 85.8 cm³/mol. The summed E-state index contributed by atoms with van der Waals surface area (Å²) in [4.78, 5) is 25.0. The molecule has 120 valence electrons. The first-order chi connectivity index (χ1) is 10.6. The SMILES string of the molecule is CC(CC(=O)N(CC(=O)O)c1ccccc1)C1CCNCC1. The molecule has 1 aromatic carbocycles. The van der Waals surface area contributed by atoms with E-state index in [1.54, 1.807) is 12.1 Å². The fourth-order valence-corrected chi connectivity index (χ4v) is 3.03. The van der Waals surface area contributed by atoms with Crippen molar-refractivity contribution in [1.82, 2.24) is 5.32 Å². The summed E-state index contributed by atoms with van der Waals surface area (Å²) >= 11 is 0. The largest absolute Gasteiger partial charge is 0.480 e. The van der Waals surface area contributed by atoms with Crippen molar-refractivity contribution in [2.45, 2.75) is 26.2 Å². The van der Waals surface area contributed by atoms with Gasteiger partial charge in [-0.15, -0.1) is 0 Å². The average Bonchev–Trinajstić information content (AvgIpc) is 2.54. The first-order valence-corrected chi connectivity index (χ1v) is 7.86. The van der Waals surface area contributed by atoms with Crippen LogP contribution in [0.25, 0.3) is 0 Å². The third-order valence-corrected chi connectivity index (χ3v) is 4.35. The molecule has 0 aromatic heterocycles. The highest BCUT2D eigenvalue weighted by Gasteiger charge is 2.25. The number of carboxylic acids is 1. The minimum atomic E-state index is -0.994. The first-order valence-electron chi connectivity index (χ1n) is 7.86. The number of benzene rings is 1. The zero-order valence-corrected chi connectivity index (χ0v) is 13.0. The molecule has 1 unspecified atom stereocenters. The summed E-state index contributed by atoms with van der Waals surface area (Å²) in [7, 11) is 0. The second-order valence-electron chi connectivity index (χ2n) is 5.98. The van der Waals surface area contributed by atoms with Crippen LogP contribution in [0, 0.1) is 11.8 Å². The number of hydrogen-bond donors (Lipinski definition) is 2. The Balaban J connectivity index is 2.03. The summed E-state index contributed by atoms with van der Waals surface area (Å²) in [6.45, 7) is 3.81. The van der Waals surface area contributed by atoms with Gasteiger partial charge in [-0.1, -0.05) is 25.1 Å². The monoisotopic (exact) mass is 304 g/mol. The van der Waals surface area contributed by atoms with Crippen LogP contribution in [0.15, 0.2) is 30.3 Å². The fourth-order valence-electron chi connectivity index (χ4n) is 3.03. The molecule has 5 nitrogen and oxygen atoms in total. The first kappa shape index (κ1) is 16.5. The van der Waals surface area contributed by atoms with E-state index in [2.05, 4.69) is 12.2 Å². The molecule has 1 fully saturated rings. The van der Waals surface area contributed by atoms with Gasteiger partial charge in [-0.3, -0.25) is 9.59 Å². The van der Waals surface area contributed by atoms with Crippen LogP contribution in [0.2, 0.25) is 0 Å². The fraction of sp³-hybridized carbons (Fsp3) is 0.529. The van der Waals surface area contributed by atoms with Crippen LogP contribution in [-0.2, 0) is 9.59 Å². The Kier molecular flexibility index (Phi) is 5.95. The number of nitrogens with one attached hydrogen (secondary N) is 1. The number of carbonyl (C=O) groups excluding carboxylic acids is 1. The molecule has 1 saturated heterocycles. The molecule has 0 aliphatic carbocycles. The van der Waals surface area contributed by atoms with E-state index in [9.17, 15) is 9.59 Å². The van der Waals surface area contributed by atoms with Crippen LogP contribution in [0.3, 0.4) is 0 Å². The summed E-state index contributed by atoms with van der Waals surface area (Å²) in [5, 5.41) is 12.4. The van der Waals surface area contributed by atoms with Crippen LogP contribution in [0.1, 0.15) is 26.2 Å². The molecule has 0 radical (unpaired) electrons. The van der Waals surface area contributed by atoms with Crippen LogP contribution in [0.4, 0.5) is 5.69 Å². The third kappa shape index (κ3) is 4.56. The Hall–Kier alpha value is -1.88. The quantitative estimate of drug-likeness (QED) is 0.844. The summed E-state index contributed by atoms with van der Waals surface area (Å²) in [5.41, 5.74) is 0.646. The topological polar surface area (TPSA) is 69.6 Å². The van der Waals surface area contributed by atoms with Crippen LogP contribution < -0.4 is 10.2 Å². The molecule has 1 amide bonds. The standard InChI is InChI=1S/C17H24N2O3/c1-13(14-7-9-18-10-8-14)11-16(20)19(12-17(21)22)15-5-3-2-4-6-15/h2-6,13-14,18H,7-12H2,1H3,(H,21,22). The van der Waals surface area contributed by atoms with E-state index in [0.717, 1.165) is 25.9 Å². The Bertz CT molecular complexity index is 498. The number of anilines is 1.